The topological polar surface area (TPSA) is 0 Å². The lowest BCUT2D eigenvalue weighted by Gasteiger charge is -2.10. The number of halogens is 3. The first-order chi connectivity index (χ1) is 6.18. The number of alkyl halides is 1. The third-order valence-electron chi connectivity index (χ3n) is 2.30. The second-order valence-electron chi connectivity index (χ2n) is 3.41. The lowest BCUT2D eigenvalue weighted by molar-refractivity contribution is 0.823. The zero-order valence-electron chi connectivity index (χ0n) is 6.93. The molecule has 0 heterocycles. The third kappa shape index (κ3) is 2.20. The minimum Gasteiger partial charge on any atom is -0.0843 e. The Bertz CT molecular complexity index is 321. The molecular weight excluding hydrogens is 271 g/mol. The number of benzene rings is 1. The van der Waals surface area contributed by atoms with Crippen molar-refractivity contribution in [2.45, 2.75) is 17.7 Å². The van der Waals surface area contributed by atoms with Gasteiger partial charge >= 0.3 is 0 Å². The SMILES string of the molecule is Clc1ccc(C(Br)C2CC2)c(Cl)c1. The molecule has 0 aromatic heterocycles. The highest BCUT2D eigenvalue weighted by atomic mass is 79.9. The quantitative estimate of drug-likeness (QED) is 0.680. The summed E-state index contributed by atoms with van der Waals surface area (Å²) in [4.78, 5) is 0.400. The fourth-order valence-corrected chi connectivity index (χ4v) is 2.95. The molecule has 2 rings (SSSR count). The summed E-state index contributed by atoms with van der Waals surface area (Å²) in [6.07, 6.45) is 2.60. The highest BCUT2D eigenvalue weighted by Crippen LogP contribution is 2.48. The zero-order valence-corrected chi connectivity index (χ0v) is 10.0. The summed E-state index contributed by atoms with van der Waals surface area (Å²) in [6, 6.07) is 5.69. The van der Waals surface area contributed by atoms with E-state index in [4.69, 9.17) is 23.2 Å². The molecule has 1 aliphatic rings. The summed E-state index contributed by atoms with van der Waals surface area (Å²) in [5.41, 5.74) is 1.16. The van der Waals surface area contributed by atoms with Crippen LogP contribution in [0.25, 0.3) is 0 Å². The molecule has 1 atom stereocenters. The normalized spacial score (nSPS) is 18.7. The van der Waals surface area contributed by atoms with E-state index in [1.165, 1.54) is 12.8 Å². The van der Waals surface area contributed by atoms with Crippen LogP contribution in [0.3, 0.4) is 0 Å². The summed E-state index contributed by atoms with van der Waals surface area (Å²) in [6.45, 7) is 0. The first-order valence-electron chi connectivity index (χ1n) is 4.27. The van der Waals surface area contributed by atoms with Crippen LogP contribution < -0.4 is 0 Å². The molecule has 0 aliphatic heterocycles. The van der Waals surface area contributed by atoms with Gasteiger partial charge in [0.1, 0.15) is 0 Å². The smallest absolute Gasteiger partial charge is 0.0464 e. The molecule has 13 heavy (non-hydrogen) atoms. The average Bonchev–Trinajstić information content (AvgIpc) is 2.85. The molecule has 0 bridgehead atoms. The van der Waals surface area contributed by atoms with Gasteiger partial charge in [-0.05, 0) is 36.5 Å². The van der Waals surface area contributed by atoms with E-state index in [2.05, 4.69) is 15.9 Å². The Hall–Kier alpha value is 0.280. The van der Waals surface area contributed by atoms with E-state index < -0.39 is 0 Å². The van der Waals surface area contributed by atoms with Gasteiger partial charge < -0.3 is 0 Å². The Morgan fingerprint density at radius 2 is 2.00 bits per heavy atom. The van der Waals surface area contributed by atoms with Gasteiger partial charge in [0.2, 0.25) is 0 Å². The van der Waals surface area contributed by atoms with Crippen LogP contribution in [0.15, 0.2) is 18.2 Å². The van der Waals surface area contributed by atoms with Crippen LogP contribution in [0.4, 0.5) is 0 Å². The van der Waals surface area contributed by atoms with E-state index in [0.29, 0.717) is 9.85 Å². The maximum Gasteiger partial charge on any atom is 0.0464 e. The lowest BCUT2D eigenvalue weighted by atomic mass is 10.1. The van der Waals surface area contributed by atoms with E-state index in [-0.39, 0.29) is 0 Å². The van der Waals surface area contributed by atoms with Gasteiger partial charge in [-0.2, -0.15) is 0 Å². The van der Waals surface area contributed by atoms with E-state index >= 15 is 0 Å². The predicted molar refractivity (Wildman–Crippen MR) is 60.9 cm³/mol. The van der Waals surface area contributed by atoms with Crippen molar-refractivity contribution in [3.8, 4) is 0 Å². The van der Waals surface area contributed by atoms with Crippen molar-refractivity contribution in [3.63, 3.8) is 0 Å². The molecule has 0 amide bonds. The summed E-state index contributed by atoms with van der Waals surface area (Å²) in [5, 5.41) is 1.46. The molecule has 3 heteroatoms. The molecule has 70 valence electrons. The van der Waals surface area contributed by atoms with Crippen molar-refractivity contribution in [2.24, 2.45) is 5.92 Å². The van der Waals surface area contributed by atoms with E-state index in [0.717, 1.165) is 16.5 Å². The van der Waals surface area contributed by atoms with Gasteiger partial charge in [0.15, 0.2) is 0 Å². The maximum absolute atomic E-state index is 6.08. The zero-order chi connectivity index (χ0) is 9.42. The second kappa shape index (κ2) is 3.80. The Kier molecular flexibility index (Phi) is 2.87. The Balaban J connectivity index is 2.28. The minimum atomic E-state index is 0.400. The van der Waals surface area contributed by atoms with Crippen molar-refractivity contribution in [1.82, 2.24) is 0 Å². The Labute approximate surface area is 96.4 Å². The van der Waals surface area contributed by atoms with Crippen LogP contribution in [-0.4, -0.2) is 0 Å². The molecule has 1 fully saturated rings. The molecule has 0 radical (unpaired) electrons. The monoisotopic (exact) mass is 278 g/mol. The minimum absolute atomic E-state index is 0.400. The maximum atomic E-state index is 6.08. The molecule has 0 nitrogen and oxygen atoms in total. The van der Waals surface area contributed by atoms with Gasteiger partial charge in [0.05, 0.1) is 0 Å². The first kappa shape index (κ1) is 9.82. The van der Waals surface area contributed by atoms with Gasteiger partial charge in [0.25, 0.3) is 0 Å². The Morgan fingerprint density at radius 3 is 2.54 bits per heavy atom. The first-order valence-corrected chi connectivity index (χ1v) is 5.94. The molecule has 1 saturated carbocycles. The van der Waals surface area contributed by atoms with Crippen LogP contribution >= 0.6 is 39.1 Å². The van der Waals surface area contributed by atoms with Crippen LogP contribution in [0.2, 0.25) is 10.0 Å². The molecule has 0 spiro atoms. The highest BCUT2D eigenvalue weighted by molar-refractivity contribution is 9.09. The van der Waals surface area contributed by atoms with Crippen molar-refractivity contribution in [2.75, 3.05) is 0 Å². The second-order valence-corrected chi connectivity index (χ2v) is 5.24. The lowest BCUT2D eigenvalue weighted by Crippen LogP contribution is -1.92. The molecule has 1 aliphatic carbocycles. The average molecular weight is 280 g/mol. The molecular formula is C10H9BrCl2. The fourth-order valence-electron chi connectivity index (χ4n) is 1.37. The third-order valence-corrected chi connectivity index (χ3v) is 4.10. The van der Waals surface area contributed by atoms with Crippen LogP contribution in [0, 0.1) is 5.92 Å². The number of hydrogen-bond acceptors (Lipinski definition) is 0. The molecule has 1 aromatic carbocycles. The van der Waals surface area contributed by atoms with Crippen LogP contribution in [0.1, 0.15) is 23.2 Å². The largest absolute Gasteiger partial charge is 0.0843 e. The van der Waals surface area contributed by atoms with Gasteiger partial charge in [0, 0.05) is 14.9 Å². The van der Waals surface area contributed by atoms with Crippen molar-refractivity contribution < 1.29 is 0 Å². The van der Waals surface area contributed by atoms with Gasteiger partial charge in [-0.15, -0.1) is 0 Å². The van der Waals surface area contributed by atoms with Crippen molar-refractivity contribution in [3.05, 3.63) is 33.8 Å². The van der Waals surface area contributed by atoms with Crippen molar-refractivity contribution in [1.29, 1.82) is 0 Å². The van der Waals surface area contributed by atoms with Crippen LogP contribution in [0.5, 0.6) is 0 Å². The van der Waals surface area contributed by atoms with Gasteiger partial charge in [-0.3, -0.25) is 0 Å². The molecule has 1 aromatic rings. The predicted octanol–water partition coefficient (Wildman–Crippen LogP) is 4.84. The highest BCUT2D eigenvalue weighted by Gasteiger charge is 2.31. The van der Waals surface area contributed by atoms with Gasteiger partial charge in [-0.1, -0.05) is 45.2 Å². The molecule has 0 N–H and O–H groups in total. The summed E-state index contributed by atoms with van der Waals surface area (Å²) in [7, 11) is 0. The standard InChI is InChI=1S/C10H9BrCl2/c11-10(6-1-2-6)8-4-3-7(12)5-9(8)13/h3-6,10H,1-2H2. The summed E-state index contributed by atoms with van der Waals surface area (Å²) < 4.78 is 0. The number of rotatable bonds is 2. The Morgan fingerprint density at radius 1 is 1.31 bits per heavy atom. The van der Waals surface area contributed by atoms with Gasteiger partial charge in [-0.25, -0.2) is 0 Å². The van der Waals surface area contributed by atoms with Crippen LogP contribution in [-0.2, 0) is 0 Å². The summed E-state index contributed by atoms with van der Waals surface area (Å²) in [5.74, 6) is 0.763. The molecule has 1 unspecified atom stereocenters. The van der Waals surface area contributed by atoms with Crippen molar-refractivity contribution >= 4 is 39.1 Å². The fraction of sp³-hybridized carbons (Fsp3) is 0.400. The number of hydrogen-bond donors (Lipinski definition) is 0. The summed E-state index contributed by atoms with van der Waals surface area (Å²) >= 11 is 15.6. The van der Waals surface area contributed by atoms with E-state index in [1.807, 2.05) is 12.1 Å². The molecule has 0 saturated heterocycles. The van der Waals surface area contributed by atoms with E-state index in [1.54, 1.807) is 6.07 Å². The van der Waals surface area contributed by atoms with E-state index in [9.17, 15) is 0 Å².